The zero-order valence-electron chi connectivity index (χ0n) is 11.8. The molecule has 1 saturated carbocycles. The monoisotopic (exact) mass is 297 g/mol. The number of fused-ring (bicyclic) bond motifs is 1. The van der Waals surface area contributed by atoms with Crippen LogP contribution in [0.15, 0.2) is 36.4 Å². The Hall–Kier alpha value is -2.00. The van der Waals surface area contributed by atoms with Crippen LogP contribution in [0.2, 0.25) is 5.02 Å². The van der Waals surface area contributed by atoms with Crippen LogP contribution >= 0.6 is 11.6 Å². The Morgan fingerprint density at radius 3 is 2.71 bits per heavy atom. The summed E-state index contributed by atoms with van der Waals surface area (Å²) < 4.78 is 2.33. The number of hydrogen-bond acceptors (Lipinski definition) is 2. The number of halogens is 1. The zero-order chi connectivity index (χ0) is 14.6. The first kappa shape index (κ1) is 12.7. The van der Waals surface area contributed by atoms with Gasteiger partial charge in [-0.25, -0.2) is 4.98 Å². The van der Waals surface area contributed by atoms with E-state index in [1.54, 1.807) is 0 Å². The predicted octanol–water partition coefficient (Wildman–Crippen LogP) is 4.58. The van der Waals surface area contributed by atoms with Gasteiger partial charge in [-0.3, -0.25) is 0 Å². The molecule has 2 N–H and O–H groups in total. The van der Waals surface area contributed by atoms with Crippen molar-refractivity contribution in [1.29, 1.82) is 0 Å². The Bertz CT molecular complexity index is 847. The van der Waals surface area contributed by atoms with Crippen molar-refractivity contribution >= 4 is 28.3 Å². The predicted molar refractivity (Wildman–Crippen MR) is 87.6 cm³/mol. The van der Waals surface area contributed by atoms with Gasteiger partial charge in [-0.05, 0) is 49.6 Å². The van der Waals surface area contributed by atoms with Gasteiger partial charge in [0.15, 0.2) is 0 Å². The largest absolute Gasteiger partial charge is 0.398 e. The number of nitrogens with two attached hydrogens (primary N) is 1. The first-order valence-electron chi connectivity index (χ1n) is 7.17. The summed E-state index contributed by atoms with van der Waals surface area (Å²) in [6.45, 7) is 2.02. The molecule has 0 atom stereocenters. The summed E-state index contributed by atoms with van der Waals surface area (Å²) in [5, 5.41) is 0.720. The second kappa shape index (κ2) is 4.50. The standard InChI is InChI=1S/C17H16ClN3/c1-10-2-3-11(8-14(10)19)17-20-15-9-12(18)4-7-16(15)21(17)13-5-6-13/h2-4,7-9,13H,5-6,19H2,1H3. The maximum Gasteiger partial charge on any atom is 0.141 e. The molecule has 0 saturated heterocycles. The van der Waals surface area contributed by atoms with E-state index in [-0.39, 0.29) is 0 Å². The number of imidazole rings is 1. The number of nitrogen functional groups attached to an aromatic ring is 1. The van der Waals surface area contributed by atoms with Crippen molar-refractivity contribution in [2.24, 2.45) is 0 Å². The molecule has 1 aliphatic carbocycles. The molecule has 1 fully saturated rings. The molecular formula is C17H16ClN3. The lowest BCUT2D eigenvalue weighted by Crippen LogP contribution is -1.98. The highest BCUT2D eigenvalue weighted by Gasteiger charge is 2.28. The van der Waals surface area contributed by atoms with Crippen LogP contribution in [0.1, 0.15) is 24.4 Å². The normalized spacial score (nSPS) is 14.8. The number of nitrogens with zero attached hydrogens (tertiary/aromatic N) is 2. The minimum Gasteiger partial charge on any atom is -0.398 e. The van der Waals surface area contributed by atoms with Gasteiger partial charge < -0.3 is 10.3 Å². The van der Waals surface area contributed by atoms with Crippen molar-refractivity contribution in [3.8, 4) is 11.4 Å². The van der Waals surface area contributed by atoms with Crippen molar-refractivity contribution < 1.29 is 0 Å². The van der Waals surface area contributed by atoms with E-state index in [9.17, 15) is 0 Å². The molecule has 1 aliphatic rings. The average Bonchev–Trinajstić information content (AvgIpc) is 3.22. The van der Waals surface area contributed by atoms with Gasteiger partial charge >= 0.3 is 0 Å². The Labute approximate surface area is 128 Å². The molecule has 3 aromatic rings. The Kier molecular flexibility index (Phi) is 2.73. The van der Waals surface area contributed by atoms with Crippen LogP contribution in [0.25, 0.3) is 22.4 Å². The first-order valence-corrected chi connectivity index (χ1v) is 7.55. The van der Waals surface area contributed by atoms with Gasteiger partial charge in [0.1, 0.15) is 5.82 Å². The highest BCUT2D eigenvalue weighted by atomic mass is 35.5. The Morgan fingerprint density at radius 2 is 2.00 bits per heavy atom. The number of hydrogen-bond donors (Lipinski definition) is 1. The quantitative estimate of drug-likeness (QED) is 0.703. The first-order chi connectivity index (χ1) is 10.1. The van der Waals surface area contributed by atoms with E-state index in [4.69, 9.17) is 22.3 Å². The smallest absolute Gasteiger partial charge is 0.141 e. The molecular weight excluding hydrogens is 282 g/mol. The molecule has 0 unspecified atom stereocenters. The van der Waals surface area contributed by atoms with Gasteiger partial charge in [-0.15, -0.1) is 0 Å². The van der Waals surface area contributed by atoms with Crippen molar-refractivity contribution in [3.63, 3.8) is 0 Å². The minimum absolute atomic E-state index is 0.550. The molecule has 4 rings (SSSR count). The summed E-state index contributed by atoms with van der Waals surface area (Å²) in [4.78, 5) is 4.80. The molecule has 106 valence electrons. The van der Waals surface area contributed by atoms with Crippen LogP contribution in [0, 0.1) is 6.92 Å². The molecule has 0 aliphatic heterocycles. The van der Waals surface area contributed by atoms with Crippen LogP contribution < -0.4 is 5.73 Å². The summed E-state index contributed by atoms with van der Waals surface area (Å²) in [7, 11) is 0. The van der Waals surface area contributed by atoms with Crippen LogP contribution in [-0.2, 0) is 0 Å². The van der Waals surface area contributed by atoms with Gasteiger partial charge in [0.25, 0.3) is 0 Å². The average molecular weight is 298 g/mol. The lowest BCUT2D eigenvalue weighted by atomic mass is 10.1. The highest BCUT2D eigenvalue weighted by molar-refractivity contribution is 6.31. The molecule has 3 nitrogen and oxygen atoms in total. The lowest BCUT2D eigenvalue weighted by Gasteiger charge is -2.09. The third-order valence-electron chi connectivity index (χ3n) is 4.10. The van der Waals surface area contributed by atoms with Crippen molar-refractivity contribution in [1.82, 2.24) is 9.55 Å². The third kappa shape index (κ3) is 2.09. The van der Waals surface area contributed by atoms with Crippen molar-refractivity contribution in [3.05, 3.63) is 47.0 Å². The van der Waals surface area contributed by atoms with Gasteiger partial charge in [-0.1, -0.05) is 23.7 Å². The topological polar surface area (TPSA) is 43.8 Å². The minimum atomic E-state index is 0.550. The lowest BCUT2D eigenvalue weighted by molar-refractivity contribution is 0.775. The van der Waals surface area contributed by atoms with E-state index < -0.39 is 0 Å². The molecule has 4 heteroatoms. The van der Waals surface area contributed by atoms with E-state index in [2.05, 4.69) is 16.7 Å². The molecule has 0 radical (unpaired) electrons. The van der Waals surface area contributed by atoms with Crippen molar-refractivity contribution in [2.75, 3.05) is 5.73 Å². The number of aromatic nitrogens is 2. The van der Waals surface area contributed by atoms with Gasteiger partial charge in [0.2, 0.25) is 0 Å². The van der Waals surface area contributed by atoms with Crippen LogP contribution in [0.4, 0.5) is 5.69 Å². The van der Waals surface area contributed by atoms with Crippen LogP contribution in [-0.4, -0.2) is 9.55 Å². The van der Waals surface area contributed by atoms with E-state index >= 15 is 0 Å². The fraction of sp³-hybridized carbons (Fsp3) is 0.235. The summed E-state index contributed by atoms with van der Waals surface area (Å²) in [5.41, 5.74) is 11.1. The zero-order valence-corrected chi connectivity index (χ0v) is 12.6. The molecule has 2 aromatic carbocycles. The SMILES string of the molecule is Cc1ccc(-c2nc3cc(Cl)ccc3n2C2CC2)cc1N. The fourth-order valence-corrected chi connectivity index (χ4v) is 2.92. The number of benzene rings is 2. The molecule has 1 aromatic heterocycles. The fourth-order valence-electron chi connectivity index (χ4n) is 2.76. The van der Waals surface area contributed by atoms with Crippen LogP contribution in [0.5, 0.6) is 0 Å². The molecule has 1 heterocycles. The van der Waals surface area contributed by atoms with Gasteiger partial charge in [-0.2, -0.15) is 0 Å². The summed E-state index contributed by atoms with van der Waals surface area (Å²) in [6, 6.07) is 12.6. The second-order valence-corrected chi connectivity index (χ2v) is 6.18. The summed E-state index contributed by atoms with van der Waals surface area (Å²) in [5.74, 6) is 0.987. The summed E-state index contributed by atoms with van der Waals surface area (Å²) >= 11 is 6.10. The molecule has 21 heavy (non-hydrogen) atoms. The molecule has 0 spiro atoms. The van der Waals surface area contributed by atoms with Crippen molar-refractivity contribution in [2.45, 2.75) is 25.8 Å². The van der Waals surface area contributed by atoms with E-state index in [1.807, 2.05) is 31.2 Å². The van der Waals surface area contributed by atoms with Gasteiger partial charge in [0, 0.05) is 22.3 Å². The van der Waals surface area contributed by atoms with Crippen LogP contribution in [0.3, 0.4) is 0 Å². The number of rotatable bonds is 2. The van der Waals surface area contributed by atoms with E-state index in [0.717, 1.165) is 38.7 Å². The van der Waals surface area contributed by atoms with E-state index in [0.29, 0.717) is 6.04 Å². The number of anilines is 1. The highest BCUT2D eigenvalue weighted by Crippen LogP contribution is 2.41. The molecule has 0 bridgehead atoms. The van der Waals surface area contributed by atoms with E-state index in [1.165, 1.54) is 12.8 Å². The third-order valence-corrected chi connectivity index (χ3v) is 4.34. The second-order valence-electron chi connectivity index (χ2n) is 5.74. The maximum atomic E-state index is 6.10. The Morgan fingerprint density at radius 1 is 1.19 bits per heavy atom. The number of aryl methyl sites for hydroxylation is 1. The van der Waals surface area contributed by atoms with Gasteiger partial charge in [0.05, 0.1) is 11.0 Å². The Balaban J connectivity index is 1.98. The summed E-state index contributed by atoms with van der Waals surface area (Å²) in [6.07, 6.45) is 2.42. The maximum absolute atomic E-state index is 6.10. The molecule has 0 amide bonds.